The molecule has 0 saturated heterocycles. The van der Waals surface area contributed by atoms with Crippen molar-refractivity contribution in [3.05, 3.63) is 41.3 Å². The van der Waals surface area contributed by atoms with Crippen molar-refractivity contribution in [3.63, 3.8) is 0 Å². The predicted molar refractivity (Wildman–Crippen MR) is 76.7 cm³/mol. The molecule has 0 saturated carbocycles. The number of carbonyl (C=O) groups is 2. The van der Waals surface area contributed by atoms with Gasteiger partial charge in [0.05, 0.1) is 0 Å². The molecule has 2 aromatic heterocycles. The van der Waals surface area contributed by atoms with Crippen molar-refractivity contribution in [1.82, 2.24) is 20.0 Å². The summed E-state index contributed by atoms with van der Waals surface area (Å²) in [6.07, 6.45) is -0.317. The van der Waals surface area contributed by atoms with Gasteiger partial charge in [-0.15, -0.1) is 0 Å². The molecule has 0 aliphatic carbocycles. The largest absolute Gasteiger partial charge is 0.477 e. The van der Waals surface area contributed by atoms with E-state index in [9.17, 15) is 9.59 Å². The second-order valence-corrected chi connectivity index (χ2v) is 4.80. The molecule has 0 aliphatic heterocycles. The summed E-state index contributed by atoms with van der Waals surface area (Å²) in [6.45, 7) is 1.84. The number of carboxylic acid groups (broad SMARTS) is 1. The lowest BCUT2D eigenvalue weighted by Crippen LogP contribution is -2.27. The molecule has 0 radical (unpaired) electrons. The van der Waals surface area contributed by atoms with Gasteiger partial charge in [0.1, 0.15) is 24.0 Å². The van der Waals surface area contributed by atoms with Crippen molar-refractivity contribution < 1.29 is 24.0 Å². The molecule has 9 heteroatoms. The fourth-order valence-electron chi connectivity index (χ4n) is 1.75. The molecule has 0 aliphatic rings. The molecule has 2 heterocycles. The van der Waals surface area contributed by atoms with Crippen LogP contribution in [0.1, 0.15) is 45.7 Å². The van der Waals surface area contributed by atoms with E-state index >= 15 is 0 Å². The molecule has 0 aromatic carbocycles. The smallest absolute Gasteiger partial charge is 0.354 e. The minimum Gasteiger partial charge on any atom is -0.477 e. The number of nitrogens with zero attached hydrogens (tertiary/aromatic N) is 4. The SMILES string of the molecule is COC(C)c1noc(CN(C)C(=O)c2cccc(C(=O)O)n2)n1. The van der Waals surface area contributed by atoms with Crippen molar-refractivity contribution >= 4 is 11.9 Å². The number of aromatic nitrogens is 3. The number of carboxylic acids is 1. The van der Waals surface area contributed by atoms with Crippen LogP contribution >= 0.6 is 0 Å². The van der Waals surface area contributed by atoms with Gasteiger partial charge in [0.15, 0.2) is 5.82 Å². The van der Waals surface area contributed by atoms with Crippen molar-refractivity contribution in [1.29, 1.82) is 0 Å². The standard InChI is InChI=1S/C14H16N4O5/c1-8(22-3)12-16-11(23-17-12)7-18(2)13(19)9-5-4-6-10(15-9)14(20)21/h4-6,8H,7H2,1-3H3,(H,20,21). The number of ether oxygens (including phenoxy) is 1. The molecule has 2 rings (SSSR count). The summed E-state index contributed by atoms with van der Waals surface area (Å²) in [5.74, 6) is -1.02. The van der Waals surface area contributed by atoms with Gasteiger partial charge in [0.2, 0.25) is 5.89 Å². The van der Waals surface area contributed by atoms with Gasteiger partial charge in [-0.2, -0.15) is 4.98 Å². The molecule has 122 valence electrons. The molecular formula is C14H16N4O5. The molecule has 1 atom stereocenters. The van der Waals surface area contributed by atoms with Crippen molar-refractivity contribution in [3.8, 4) is 0 Å². The zero-order valence-electron chi connectivity index (χ0n) is 12.9. The number of amides is 1. The maximum Gasteiger partial charge on any atom is 0.354 e. The summed E-state index contributed by atoms with van der Waals surface area (Å²) in [5, 5.41) is 12.7. The third-order valence-corrected chi connectivity index (χ3v) is 3.11. The average Bonchev–Trinajstić information content (AvgIpc) is 3.01. The van der Waals surface area contributed by atoms with E-state index in [4.69, 9.17) is 14.4 Å². The summed E-state index contributed by atoms with van der Waals surface area (Å²) < 4.78 is 10.1. The Kier molecular flexibility index (Phi) is 5.02. The van der Waals surface area contributed by atoms with Gasteiger partial charge < -0.3 is 19.3 Å². The predicted octanol–water partition coefficient (Wildman–Crippen LogP) is 1.14. The van der Waals surface area contributed by atoms with Crippen LogP contribution in [0.4, 0.5) is 0 Å². The molecule has 2 aromatic rings. The Bertz CT molecular complexity index is 715. The lowest BCUT2D eigenvalue weighted by molar-refractivity contribution is 0.0689. The van der Waals surface area contributed by atoms with E-state index in [1.165, 1.54) is 37.3 Å². The summed E-state index contributed by atoms with van der Waals surface area (Å²) in [7, 11) is 3.05. The molecule has 9 nitrogen and oxygen atoms in total. The second-order valence-electron chi connectivity index (χ2n) is 4.80. The number of carbonyl (C=O) groups excluding carboxylic acids is 1. The highest BCUT2D eigenvalue weighted by Crippen LogP contribution is 2.13. The maximum absolute atomic E-state index is 12.3. The maximum atomic E-state index is 12.3. The first-order chi connectivity index (χ1) is 10.9. The molecule has 0 spiro atoms. The Morgan fingerprint density at radius 1 is 1.35 bits per heavy atom. The van der Waals surface area contributed by atoms with Crippen LogP contribution in [0.15, 0.2) is 22.7 Å². The van der Waals surface area contributed by atoms with Crippen LogP contribution in [-0.2, 0) is 11.3 Å². The normalized spacial score (nSPS) is 12.0. The topological polar surface area (TPSA) is 119 Å². The Morgan fingerprint density at radius 3 is 2.70 bits per heavy atom. The van der Waals surface area contributed by atoms with Gasteiger partial charge in [-0.25, -0.2) is 9.78 Å². The lowest BCUT2D eigenvalue weighted by Gasteiger charge is -2.14. The van der Waals surface area contributed by atoms with Crippen LogP contribution in [0, 0.1) is 0 Å². The first kappa shape index (κ1) is 16.6. The van der Waals surface area contributed by atoms with Crippen LogP contribution in [0.25, 0.3) is 0 Å². The monoisotopic (exact) mass is 320 g/mol. The summed E-state index contributed by atoms with van der Waals surface area (Å²) in [6, 6.07) is 4.22. The molecule has 1 N–H and O–H groups in total. The van der Waals surface area contributed by atoms with Gasteiger partial charge >= 0.3 is 5.97 Å². The van der Waals surface area contributed by atoms with Gasteiger partial charge in [0, 0.05) is 14.2 Å². The number of methoxy groups -OCH3 is 1. The third kappa shape index (κ3) is 3.89. The number of aromatic carboxylic acids is 1. The van der Waals surface area contributed by atoms with E-state index in [0.29, 0.717) is 5.82 Å². The fraction of sp³-hybridized carbons (Fsp3) is 0.357. The van der Waals surface area contributed by atoms with E-state index in [1.807, 2.05) is 0 Å². The Balaban J connectivity index is 2.09. The van der Waals surface area contributed by atoms with E-state index in [-0.39, 0.29) is 29.9 Å². The summed E-state index contributed by atoms with van der Waals surface area (Å²) >= 11 is 0. The Labute approximate surface area is 131 Å². The zero-order chi connectivity index (χ0) is 17.0. The van der Waals surface area contributed by atoms with Crippen molar-refractivity contribution in [2.24, 2.45) is 0 Å². The minimum absolute atomic E-state index is 0.0254. The van der Waals surface area contributed by atoms with Crippen LogP contribution in [0.5, 0.6) is 0 Å². The molecule has 1 amide bonds. The Hall–Kier alpha value is -2.81. The van der Waals surface area contributed by atoms with E-state index in [0.717, 1.165) is 0 Å². The highest BCUT2D eigenvalue weighted by atomic mass is 16.5. The highest BCUT2D eigenvalue weighted by molar-refractivity contribution is 5.94. The second kappa shape index (κ2) is 6.97. The molecule has 0 fully saturated rings. The number of hydrogen-bond donors (Lipinski definition) is 1. The van der Waals surface area contributed by atoms with Crippen molar-refractivity contribution in [2.75, 3.05) is 14.2 Å². The molecule has 1 unspecified atom stereocenters. The molecule has 0 bridgehead atoms. The Morgan fingerprint density at radius 2 is 2.04 bits per heavy atom. The number of rotatable bonds is 6. The van der Waals surface area contributed by atoms with Gasteiger partial charge in [-0.3, -0.25) is 4.79 Å². The summed E-state index contributed by atoms with van der Waals surface area (Å²) in [4.78, 5) is 32.4. The van der Waals surface area contributed by atoms with Gasteiger partial charge in [-0.1, -0.05) is 11.2 Å². The lowest BCUT2D eigenvalue weighted by atomic mass is 10.2. The van der Waals surface area contributed by atoms with Gasteiger partial charge in [-0.05, 0) is 19.1 Å². The summed E-state index contributed by atoms with van der Waals surface area (Å²) in [5.41, 5.74) is -0.171. The zero-order valence-corrected chi connectivity index (χ0v) is 12.9. The molecular weight excluding hydrogens is 304 g/mol. The van der Waals surface area contributed by atoms with E-state index in [2.05, 4.69) is 15.1 Å². The van der Waals surface area contributed by atoms with Crippen LogP contribution in [0.3, 0.4) is 0 Å². The van der Waals surface area contributed by atoms with Crippen molar-refractivity contribution in [2.45, 2.75) is 19.6 Å². The van der Waals surface area contributed by atoms with Crippen LogP contribution < -0.4 is 0 Å². The average molecular weight is 320 g/mol. The van der Waals surface area contributed by atoms with Crippen LogP contribution in [0.2, 0.25) is 0 Å². The fourth-order valence-corrected chi connectivity index (χ4v) is 1.75. The first-order valence-electron chi connectivity index (χ1n) is 6.73. The van der Waals surface area contributed by atoms with E-state index in [1.54, 1.807) is 6.92 Å². The highest BCUT2D eigenvalue weighted by Gasteiger charge is 2.19. The number of pyridine rings is 1. The minimum atomic E-state index is -1.20. The number of hydrogen-bond acceptors (Lipinski definition) is 7. The third-order valence-electron chi connectivity index (χ3n) is 3.11. The first-order valence-corrected chi connectivity index (χ1v) is 6.73. The molecule has 23 heavy (non-hydrogen) atoms. The van der Waals surface area contributed by atoms with Crippen LogP contribution in [-0.4, -0.2) is 51.2 Å². The quantitative estimate of drug-likeness (QED) is 0.841. The van der Waals surface area contributed by atoms with E-state index < -0.39 is 11.9 Å². The van der Waals surface area contributed by atoms with Gasteiger partial charge in [0.25, 0.3) is 5.91 Å².